The molecule has 0 aliphatic heterocycles. The van der Waals surface area contributed by atoms with Crippen LogP contribution in [0.2, 0.25) is 0 Å². The second-order valence-electron chi connectivity index (χ2n) is 6.68. The molecule has 0 radical (unpaired) electrons. The molecule has 10 nitrogen and oxygen atoms in total. The van der Waals surface area contributed by atoms with Crippen molar-refractivity contribution in [3.63, 3.8) is 0 Å². The zero-order valence-corrected chi connectivity index (χ0v) is 14.8. The van der Waals surface area contributed by atoms with Gasteiger partial charge in [0.15, 0.2) is 17.7 Å². The number of primary amides is 2. The largest absolute Gasteiger partial charge is 0.619 e. The first-order valence-electron chi connectivity index (χ1n) is 8.52. The molecule has 1 aliphatic rings. The van der Waals surface area contributed by atoms with Crippen LogP contribution in [-0.2, 0) is 4.79 Å². The van der Waals surface area contributed by atoms with E-state index in [1.54, 1.807) is 13.0 Å². The second kappa shape index (κ2) is 7.44. The predicted octanol–water partition coefficient (Wildman–Crippen LogP) is 0.327. The number of carbonyl (C=O) groups is 2. The lowest BCUT2D eigenvalue weighted by Crippen LogP contribution is -2.36. The van der Waals surface area contributed by atoms with Gasteiger partial charge in [-0.15, -0.1) is 0 Å². The molecular weight excluding hydrogens is 350 g/mol. The lowest BCUT2D eigenvalue weighted by Gasteiger charge is -2.17. The fourth-order valence-corrected chi connectivity index (χ4v) is 2.74. The lowest BCUT2D eigenvalue weighted by molar-refractivity contribution is -0.605. The number of aryl methyl sites for hydroxylation is 1. The number of hydrogen-bond acceptors (Lipinski definition) is 7. The van der Waals surface area contributed by atoms with Gasteiger partial charge in [0.05, 0.1) is 6.20 Å². The van der Waals surface area contributed by atoms with Crippen LogP contribution in [0.5, 0.6) is 0 Å². The van der Waals surface area contributed by atoms with E-state index in [-0.39, 0.29) is 17.3 Å². The molecule has 1 atom stereocenters. The van der Waals surface area contributed by atoms with Crippen LogP contribution in [-0.4, -0.2) is 27.8 Å². The maximum absolute atomic E-state index is 11.7. The summed E-state index contributed by atoms with van der Waals surface area (Å²) < 4.78 is 0.635. The Morgan fingerprint density at radius 1 is 1.37 bits per heavy atom. The third-order valence-electron chi connectivity index (χ3n) is 4.18. The number of nitrogens with one attached hydrogen (secondary N) is 2. The van der Waals surface area contributed by atoms with Crippen LogP contribution in [0.15, 0.2) is 24.7 Å². The maximum atomic E-state index is 11.7. The average Bonchev–Trinajstić information content (AvgIpc) is 3.37. The van der Waals surface area contributed by atoms with E-state index in [9.17, 15) is 14.8 Å². The van der Waals surface area contributed by atoms with E-state index in [2.05, 4.69) is 20.6 Å². The van der Waals surface area contributed by atoms with Crippen LogP contribution in [0.4, 0.5) is 17.3 Å². The van der Waals surface area contributed by atoms with E-state index >= 15 is 0 Å². The molecule has 0 saturated heterocycles. The smallest absolute Gasteiger partial charge is 0.271 e. The summed E-state index contributed by atoms with van der Waals surface area (Å²) in [6.07, 6.45) is 6.78. The van der Waals surface area contributed by atoms with E-state index in [1.165, 1.54) is 18.6 Å². The van der Waals surface area contributed by atoms with E-state index in [1.807, 2.05) is 0 Å². The fraction of sp³-hybridized carbons (Fsp3) is 0.353. The minimum atomic E-state index is -0.774. The Bertz CT molecular complexity index is 863. The fourth-order valence-electron chi connectivity index (χ4n) is 2.74. The highest BCUT2D eigenvalue weighted by Crippen LogP contribution is 2.34. The molecule has 2 heterocycles. The van der Waals surface area contributed by atoms with Gasteiger partial charge >= 0.3 is 0 Å². The number of pyridine rings is 1. The van der Waals surface area contributed by atoms with Gasteiger partial charge in [-0.05, 0) is 25.3 Å². The molecule has 2 aromatic heterocycles. The minimum absolute atomic E-state index is 0.0766. The second-order valence-corrected chi connectivity index (χ2v) is 6.68. The maximum Gasteiger partial charge on any atom is 0.271 e. The van der Waals surface area contributed by atoms with E-state index in [0.29, 0.717) is 22.8 Å². The summed E-state index contributed by atoms with van der Waals surface area (Å²) in [5.41, 5.74) is 11.9. The third-order valence-corrected chi connectivity index (χ3v) is 4.18. The van der Waals surface area contributed by atoms with Crippen LogP contribution in [0.3, 0.4) is 0 Å². The third kappa shape index (κ3) is 4.81. The van der Waals surface area contributed by atoms with Crippen molar-refractivity contribution in [3.05, 3.63) is 41.1 Å². The summed E-state index contributed by atoms with van der Waals surface area (Å²) in [6, 6.07) is 1.13. The van der Waals surface area contributed by atoms with Crippen LogP contribution in [0, 0.1) is 18.0 Å². The molecular formula is C17H21N7O3. The first-order chi connectivity index (χ1) is 12.8. The predicted molar refractivity (Wildman–Crippen MR) is 97.9 cm³/mol. The van der Waals surface area contributed by atoms with E-state index < -0.39 is 17.9 Å². The SMILES string of the molecule is Cc1cc(Nc2nc(NC(CC3CC3)C(N)=O)cnc2C(N)=O)c[n+]([O-])c1. The zero-order chi connectivity index (χ0) is 19.6. The summed E-state index contributed by atoms with van der Waals surface area (Å²) in [4.78, 5) is 31.7. The van der Waals surface area contributed by atoms with Crippen molar-refractivity contribution in [2.75, 3.05) is 10.6 Å². The Hall–Kier alpha value is -3.43. The number of rotatable bonds is 8. The van der Waals surface area contributed by atoms with Crippen molar-refractivity contribution >= 4 is 29.1 Å². The number of aromatic nitrogens is 3. The summed E-state index contributed by atoms with van der Waals surface area (Å²) >= 11 is 0. The Kier molecular flexibility index (Phi) is 5.06. The Morgan fingerprint density at radius 2 is 2.11 bits per heavy atom. The monoisotopic (exact) mass is 371 g/mol. The molecule has 1 saturated carbocycles. The summed E-state index contributed by atoms with van der Waals surface area (Å²) in [5, 5.41) is 17.4. The van der Waals surface area contributed by atoms with Crippen molar-refractivity contribution in [1.82, 2.24) is 9.97 Å². The highest BCUT2D eigenvalue weighted by atomic mass is 16.5. The van der Waals surface area contributed by atoms with Crippen molar-refractivity contribution in [1.29, 1.82) is 0 Å². The molecule has 1 unspecified atom stereocenters. The molecule has 6 N–H and O–H groups in total. The number of amides is 2. The van der Waals surface area contributed by atoms with Crippen LogP contribution in [0.25, 0.3) is 0 Å². The molecule has 3 rings (SSSR count). The van der Waals surface area contributed by atoms with E-state index in [0.717, 1.165) is 18.4 Å². The van der Waals surface area contributed by atoms with Gasteiger partial charge in [-0.2, -0.15) is 4.73 Å². The van der Waals surface area contributed by atoms with Crippen LogP contribution in [0.1, 0.15) is 35.3 Å². The van der Waals surface area contributed by atoms with Gasteiger partial charge in [0.25, 0.3) is 5.91 Å². The van der Waals surface area contributed by atoms with Gasteiger partial charge in [-0.3, -0.25) is 9.59 Å². The highest BCUT2D eigenvalue weighted by molar-refractivity contribution is 5.96. The number of hydrogen-bond donors (Lipinski definition) is 4. The van der Waals surface area contributed by atoms with Gasteiger partial charge in [0.2, 0.25) is 12.1 Å². The summed E-state index contributed by atoms with van der Waals surface area (Å²) in [7, 11) is 0. The van der Waals surface area contributed by atoms with Gasteiger partial charge in [-0.1, -0.05) is 12.8 Å². The Balaban J connectivity index is 1.87. The lowest BCUT2D eigenvalue weighted by atomic mass is 10.1. The highest BCUT2D eigenvalue weighted by Gasteiger charge is 2.28. The van der Waals surface area contributed by atoms with Crippen LogP contribution < -0.4 is 26.8 Å². The molecule has 1 aliphatic carbocycles. The molecule has 0 aromatic carbocycles. The molecule has 0 spiro atoms. The number of carbonyl (C=O) groups excluding carboxylic acids is 2. The first-order valence-corrected chi connectivity index (χ1v) is 8.52. The number of nitrogens with two attached hydrogens (primary N) is 2. The zero-order valence-electron chi connectivity index (χ0n) is 14.8. The average molecular weight is 371 g/mol. The molecule has 27 heavy (non-hydrogen) atoms. The van der Waals surface area contributed by atoms with Crippen LogP contribution >= 0.6 is 0 Å². The van der Waals surface area contributed by atoms with Crippen molar-refractivity contribution in [2.24, 2.45) is 17.4 Å². The molecule has 0 bridgehead atoms. The minimum Gasteiger partial charge on any atom is -0.619 e. The molecule has 10 heteroatoms. The van der Waals surface area contributed by atoms with Crippen molar-refractivity contribution in [2.45, 2.75) is 32.2 Å². The topological polar surface area (TPSA) is 163 Å². The normalized spacial score (nSPS) is 14.4. The van der Waals surface area contributed by atoms with Crippen molar-refractivity contribution < 1.29 is 14.3 Å². The Labute approximate surface area is 155 Å². The summed E-state index contributed by atoms with van der Waals surface area (Å²) in [6.45, 7) is 1.76. The number of nitrogens with zero attached hydrogens (tertiary/aromatic N) is 3. The molecule has 142 valence electrons. The molecule has 1 fully saturated rings. The van der Waals surface area contributed by atoms with Crippen molar-refractivity contribution in [3.8, 4) is 0 Å². The summed E-state index contributed by atoms with van der Waals surface area (Å²) in [5.74, 6) is -0.431. The first kappa shape index (κ1) is 18.4. The van der Waals surface area contributed by atoms with Gasteiger partial charge < -0.3 is 27.3 Å². The van der Waals surface area contributed by atoms with Gasteiger partial charge in [-0.25, -0.2) is 9.97 Å². The van der Waals surface area contributed by atoms with Gasteiger partial charge in [0.1, 0.15) is 17.5 Å². The quantitative estimate of drug-likeness (QED) is 0.383. The Morgan fingerprint density at radius 3 is 2.70 bits per heavy atom. The van der Waals surface area contributed by atoms with E-state index in [4.69, 9.17) is 11.5 Å². The standard InChI is InChI=1S/C17H21N7O3/c1-9-4-11(8-24(27)7-9)21-17-14(16(19)26)20-6-13(23-17)22-12(15(18)25)5-10-2-3-10/h4,6-8,10,12H,2-3,5H2,1H3,(H2,18,25)(H2,19,26)(H2,21,22,23). The molecule has 2 amide bonds. The van der Waals surface area contributed by atoms with Gasteiger partial charge in [0, 0.05) is 5.56 Å². The molecule has 2 aromatic rings. The number of anilines is 3.